The van der Waals surface area contributed by atoms with E-state index in [1.165, 1.54) is 42.3 Å². The summed E-state index contributed by atoms with van der Waals surface area (Å²) in [6, 6.07) is 14.3. The minimum Gasteiger partial charge on any atom is -0.346 e. The van der Waals surface area contributed by atoms with Crippen molar-refractivity contribution >= 4 is 5.91 Å². The molecule has 0 saturated carbocycles. The van der Waals surface area contributed by atoms with E-state index in [0.717, 1.165) is 12.0 Å². The Balaban J connectivity index is 1.41. The molecular formula is C22H24N4O. The number of nitrogens with one attached hydrogen (secondary N) is 1. The molecule has 1 aromatic heterocycles. The van der Waals surface area contributed by atoms with Gasteiger partial charge in [-0.2, -0.15) is 5.10 Å². The van der Waals surface area contributed by atoms with Gasteiger partial charge in [-0.05, 0) is 67.0 Å². The van der Waals surface area contributed by atoms with Gasteiger partial charge in [0.2, 0.25) is 0 Å². The Morgan fingerprint density at radius 2 is 1.89 bits per heavy atom. The number of aryl methyl sites for hydroxylation is 2. The molecule has 1 N–H and O–H groups in total. The molecule has 5 nitrogen and oxygen atoms in total. The lowest BCUT2D eigenvalue weighted by molar-refractivity contribution is 0.0940. The molecule has 1 amide bonds. The van der Waals surface area contributed by atoms with Crippen LogP contribution in [-0.4, -0.2) is 20.7 Å². The highest BCUT2D eigenvalue weighted by atomic mass is 16.1. The van der Waals surface area contributed by atoms with E-state index in [-0.39, 0.29) is 11.9 Å². The van der Waals surface area contributed by atoms with Crippen molar-refractivity contribution in [2.45, 2.75) is 45.2 Å². The Morgan fingerprint density at radius 1 is 1.11 bits per heavy atom. The van der Waals surface area contributed by atoms with Crippen LogP contribution >= 0.6 is 0 Å². The van der Waals surface area contributed by atoms with Gasteiger partial charge < -0.3 is 5.32 Å². The second-order valence-electron chi connectivity index (χ2n) is 7.22. The maximum atomic E-state index is 12.6. The van der Waals surface area contributed by atoms with Gasteiger partial charge >= 0.3 is 0 Å². The van der Waals surface area contributed by atoms with E-state index in [2.05, 4.69) is 33.6 Å². The minimum absolute atomic E-state index is 0.0143. The summed E-state index contributed by atoms with van der Waals surface area (Å²) < 4.78 is 1.76. The zero-order valence-corrected chi connectivity index (χ0v) is 15.6. The zero-order valence-electron chi connectivity index (χ0n) is 15.6. The van der Waals surface area contributed by atoms with Crippen molar-refractivity contribution in [1.29, 1.82) is 0 Å². The molecule has 4 rings (SSSR count). The van der Waals surface area contributed by atoms with E-state index in [1.54, 1.807) is 11.0 Å². The summed E-state index contributed by atoms with van der Waals surface area (Å²) in [6.07, 6.45) is 8.07. The molecule has 5 heteroatoms. The van der Waals surface area contributed by atoms with Crippen molar-refractivity contribution in [3.63, 3.8) is 0 Å². The first-order valence-corrected chi connectivity index (χ1v) is 9.53. The molecule has 0 aliphatic heterocycles. The fraction of sp³-hybridized carbons (Fsp3) is 0.318. The molecule has 3 aromatic rings. The third-order valence-corrected chi connectivity index (χ3v) is 5.25. The van der Waals surface area contributed by atoms with Crippen molar-refractivity contribution in [2.24, 2.45) is 0 Å². The van der Waals surface area contributed by atoms with Gasteiger partial charge in [0.25, 0.3) is 5.91 Å². The molecule has 0 bridgehead atoms. The molecule has 1 unspecified atom stereocenters. The lowest BCUT2D eigenvalue weighted by Crippen LogP contribution is -2.26. The molecule has 0 fully saturated rings. The number of hydrogen-bond acceptors (Lipinski definition) is 3. The number of rotatable bonds is 5. The number of amides is 1. The molecule has 138 valence electrons. The highest BCUT2D eigenvalue weighted by molar-refractivity contribution is 5.94. The van der Waals surface area contributed by atoms with Crippen LogP contribution in [0, 0.1) is 0 Å². The summed E-state index contributed by atoms with van der Waals surface area (Å²) in [4.78, 5) is 16.5. The normalized spacial score (nSPS) is 14.4. The third-order valence-electron chi connectivity index (χ3n) is 5.25. The SMILES string of the molecule is CC(NC(=O)c1ccc(Cn2cncn2)cc1)c1ccc2c(c1)CCCC2. The number of carbonyl (C=O) groups is 1. The van der Waals surface area contributed by atoms with Crippen LogP contribution in [0.1, 0.15) is 58.4 Å². The quantitative estimate of drug-likeness (QED) is 0.755. The fourth-order valence-electron chi connectivity index (χ4n) is 3.65. The first kappa shape index (κ1) is 17.5. The van der Waals surface area contributed by atoms with Crippen molar-refractivity contribution in [2.75, 3.05) is 0 Å². The first-order valence-electron chi connectivity index (χ1n) is 9.53. The molecule has 27 heavy (non-hydrogen) atoms. The van der Waals surface area contributed by atoms with E-state index in [1.807, 2.05) is 31.2 Å². The molecule has 0 spiro atoms. The van der Waals surface area contributed by atoms with E-state index in [4.69, 9.17) is 0 Å². The van der Waals surface area contributed by atoms with Crippen LogP contribution in [0.15, 0.2) is 55.1 Å². The third kappa shape index (κ3) is 4.08. The van der Waals surface area contributed by atoms with Crippen molar-refractivity contribution < 1.29 is 4.79 Å². The lowest BCUT2D eigenvalue weighted by Gasteiger charge is -2.20. The fourth-order valence-corrected chi connectivity index (χ4v) is 3.65. The molecule has 1 heterocycles. The van der Waals surface area contributed by atoms with Crippen LogP contribution in [0.3, 0.4) is 0 Å². The van der Waals surface area contributed by atoms with Gasteiger partial charge in [0.05, 0.1) is 12.6 Å². The van der Waals surface area contributed by atoms with Gasteiger partial charge in [-0.15, -0.1) is 0 Å². The average molecular weight is 360 g/mol. The lowest BCUT2D eigenvalue weighted by atomic mass is 9.89. The number of nitrogens with zero attached hydrogens (tertiary/aromatic N) is 3. The van der Waals surface area contributed by atoms with Gasteiger partial charge in [0.1, 0.15) is 12.7 Å². The Bertz CT molecular complexity index is 916. The van der Waals surface area contributed by atoms with Gasteiger partial charge in [-0.3, -0.25) is 4.79 Å². The Morgan fingerprint density at radius 3 is 2.63 bits per heavy atom. The van der Waals surface area contributed by atoms with Crippen molar-refractivity contribution in [3.8, 4) is 0 Å². The minimum atomic E-state index is -0.0486. The van der Waals surface area contributed by atoms with Gasteiger partial charge in [0.15, 0.2) is 0 Å². The summed E-state index contributed by atoms with van der Waals surface area (Å²) in [7, 11) is 0. The number of carbonyl (C=O) groups excluding carboxylic acids is 1. The first-order chi connectivity index (χ1) is 13.2. The molecule has 2 aromatic carbocycles. The monoisotopic (exact) mass is 360 g/mol. The largest absolute Gasteiger partial charge is 0.346 e. The molecule has 1 aliphatic rings. The topological polar surface area (TPSA) is 59.8 Å². The van der Waals surface area contributed by atoms with E-state index >= 15 is 0 Å². The Kier molecular flexibility index (Phi) is 5.01. The maximum absolute atomic E-state index is 12.6. The molecular weight excluding hydrogens is 336 g/mol. The Hall–Kier alpha value is -2.95. The van der Waals surface area contributed by atoms with Crippen LogP contribution in [0.25, 0.3) is 0 Å². The summed E-state index contributed by atoms with van der Waals surface area (Å²) >= 11 is 0. The van der Waals surface area contributed by atoms with Crippen LogP contribution in [0.5, 0.6) is 0 Å². The van der Waals surface area contributed by atoms with Gasteiger partial charge in [-0.1, -0.05) is 30.3 Å². The van der Waals surface area contributed by atoms with Crippen molar-refractivity contribution in [1.82, 2.24) is 20.1 Å². The van der Waals surface area contributed by atoms with Crippen LogP contribution in [-0.2, 0) is 19.4 Å². The van der Waals surface area contributed by atoms with Gasteiger partial charge in [-0.25, -0.2) is 9.67 Å². The number of aromatic nitrogens is 3. The number of fused-ring (bicyclic) bond motifs is 1. The smallest absolute Gasteiger partial charge is 0.251 e. The Labute approximate surface area is 159 Å². The summed E-state index contributed by atoms with van der Waals surface area (Å²) in [5.74, 6) is -0.0486. The molecule has 1 aliphatic carbocycles. The van der Waals surface area contributed by atoms with E-state index in [9.17, 15) is 4.79 Å². The predicted octanol–water partition coefficient (Wildman–Crippen LogP) is 3.70. The van der Waals surface area contributed by atoms with Crippen LogP contribution in [0.2, 0.25) is 0 Å². The second-order valence-corrected chi connectivity index (χ2v) is 7.22. The summed E-state index contributed by atoms with van der Waals surface area (Å²) in [5.41, 5.74) is 5.83. The second kappa shape index (κ2) is 7.74. The number of hydrogen-bond donors (Lipinski definition) is 1. The molecule has 1 atom stereocenters. The average Bonchev–Trinajstić information content (AvgIpc) is 3.21. The zero-order chi connectivity index (χ0) is 18.6. The maximum Gasteiger partial charge on any atom is 0.251 e. The predicted molar refractivity (Wildman–Crippen MR) is 105 cm³/mol. The summed E-state index contributed by atoms with van der Waals surface area (Å²) in [5, 5.41) is 7.22. The van der Waals surface area contributed by atoms with Crippen molar-refractivity contribution in [3.05, 3.63) is 82.9 Å². The summed E-state index contributed by atoms with van der Waals surface area (Å²) in [6.45, 7) is 2.69. The van der Waals surface area contributed by atoms with Gasteiger partial charge in [0, 0.05) is 5.56 Å². The van der Waals surface area contributed by atoms with E-state index in [0.29, 0.717) is 12.1 Å². The standard InChI is InChI=1S/C22H24N4O/c1-16(20-11-10-18-4-2-3-5-21(18)12-20)25-22(27)19-8-6-17(7-9-19)13-26-15-23-14-24-26/h6-12,14-16H,2-5,13H2,1H3,(H,25,27). The molecule has 0 saturated heterocycles. The molecule has 0 radical (unpaired) electrons. The van der Waals surface area contributed by atoms with Crippen LogP contribution in [0.4, 0.5) is 0 Å². The highest BCUT2D eigenvalue weighted by Gasteiger charge is 2.15. The highest BCUT2D eigenvalue weighted by Crippen LogP contribution is 2.25. The van der Waals surface area contributed by atoms with E-state index < -0.39 is 0 Å². The number of benzene rings is 2. The van der Waals surface area contributed by atoms with Crippen LogP contribution < -0.4 is 5.32 Å².